The Morgan fingerprint density at radius 1 is 1.33 bits per heavy atom. The number of fused-ring (bicyclic) bond motifs is 1. The van der Waals surface area contributed by atoms with Crippen molar-refractivity contribution in [2.75, 3.05) is 11.9 Å². The molecule has 3 rings (SSSR count). The highest BCUT2D eigenvalue weighted by Gasteiger charge is 2.39. The first-order valence-corrected chi connectivity index (χ1v) is 7.12. The zero-order chi connectivity index (χ0) is 15.1. The second-order valence-electron chi connectivity index (χ2n) is 4.36. The number of benzene rings is 1. The molecule has 0 bridgehead atoms. The number of carboxylic acid groups (broad SMARTS) is 1. The van der Waals surface area contributed by atoms with Crippen molar-refractivity contribution in [1.29, 1.82) is 0 Å². The number of para-hydroxylation sites is 1. The first-order valence-electron chi connectivity index (χ1n) is 5.89. The van der Waals surface area contributed by atoms with Crippen molar-refractivity contribution in [1.82, 2.24) is 4.90 Å². The summed E-state index contributed by atoms with van der Waals surface area (Å²) < 4.78 is 0.141. The Morgan fingerprint density at radius 3 is 2.76 bits per heavy atom. The average Bonchev–Trinajstić information content (AvgIpc) is 2.89. The molecular weight excluding hydrogens is 312 g/mol. The number of thiocarbonyl (C=S) groups is 1. The molecule has 106 valence electrons. The molecule has 1 aromatic carbocycles. The third kappa shape index (κ3) is 2.22. The molecule has 1 fully saturated rings. The summed E-state index contributed by atoms with van der Waals surface area (Å²) in [6, 6.07) is 7.00. The molecule has 2 amide bonds. The van der Waals surface area contributed by atoms with Gasteiger partial charge in [-0.2, -0.15) is 0 Å². The molecule has 21 heavy (non-hydrogen) atoms. The zero-order valence-corrected chi connectivity index (χ0v) is 12.1. The van der Waals surface area contributed by atoms with E-state index >= 15 is 0 Å². The number of amides is 2. The van der Waals surface area contributed by atoms with Gasteiger partial charge in [0.15, 0.2) is 0 Å². The smallest absolute Gasteiger partial charge is 0.323 e. The Labute approximate surface area is 128 Å². The fraction of sp³-hybridized carbons (Fsp3) is 0.0769. The van der Waals surface area contributed by atoms with E-state index in [0.717, 1.165) is 16.7 Å². The fourth-order valence-electron chi connectivity index (χ4n) is 2.16. The van der Waals surface area contributed by atoms with Gasteiger partial charge in [-0.3, -0.25) is 19.3 Å². The second kappa shape index (κ2) is 4.97. The molecule has 1 saturated heterocycles. The molecule has 2 N–H and O–H groups in total. The summed E-state index contributed by atoms with van der Waals surface area (Å²) in [7, 11) is 0. The highest BCUT2D eigenvalue weighted by Crippen LogP contribution is 2.41. The number of nitrogens with zero attached hydrogens (tertiary/aromatic N) is 1. The molecule has 0 atom stereocenters. The van der Waals surface area contributed by atoms with E-state index in [2.05, 4.69) is 5.32 Å². The van der Waals surface area contributed by atoms with E-state index in [4.69, 9.17) is 17.3 Å². The van der Waals surface area contributed by atoms with Gasteiger partial charge in [-0.1, -0.05) is 42.2 Å². The third-order valence-electron chi connectivity index (χ3n) is 3.04. The molecule has 2 aliphatic heterocycles. The van der Waals surface area contributed by atoms with Gasteiger partial charge in [0.1, 0.15) is 10.9 Å². The summed E-state index contributed by atoms with van der Waals surface area (Å²) in [4.78, 5) is 36.3. The number of thioether (sulfide) groups is 1. The van der Waals surface area contributed by atoms with Crippen molar-refractivity contribution in [3.05, 3.63) is 34.7 Å². The number of nitrogens with one attached hydrogen (secondary N) is 1. The lowest BCUT2D eigenvalue weighted by atomic mass is 10.1. The molecule has 0 radical (unpaired) electrons. The van der Waals surface area contributed by atoms with Crippen LogP contribution in [0.3, 0.4) is 0 Å². The quantitative estimate of drug-likeness (QED) is 0.631. The predicted molar refractivity (Wildman–Crippen MR) is 81.5 cm³/mol. The molecule has 0 aromatic heterocycles. The number of rotatable bonds is 2. The summed E-state index contributed by atoms with van der Waals surface area (Å²) in [5.41, 5.74) is 1.50. The van der Waals surface area contributed by atoms with Crippen LogP contribution in [0.1, 0.15) is 5.56 Å². The van der Waals surface area contributed by atoms with Gasteiger partial charge in [-0.15, -0.1) is 0 Å². The molecule has 2 aliphatic rings. The first-order chi connectivity index (χ1) is 9.99. The molecular formula is C13H8N2O4S2. The van der Waals surface area contributed by atoms with E-state index in [-0.39, 0.29) is 20.7 Å². The van der Waals surface area contributed by atoms with E-state index < -0.39 is 18.4 Å². The fourth-order valence-corrected chi connectivity index (χ4v) is 3.50. The van der Waals surface area contributed by atoms with Crippen LogP contribution in [0.2, 0.25) is 0 Å². The normalized spacial score (nSPS) is 20.8. The molecule has 0 spiro atoms. The van der Waals surface area contributed by atoms with Crippen LogP contribution in [0.15, 0.2) is 29.2 Å². The van der Waals surface area contributed by atoms with Gasteiger partial charge in [-0.25, -0.2) is 0 Å². The van der Waals surface area contributed by atoms with E-state index in [9.17, 15) is 14.4 Å². The number of carbonyl (C=O) groups excluding carboxylic acids is 2. The number of hydrogen-bond acceptors (Lipinski definition) is 5. The Balaban J connectivity index is 2.08. The van der Waals surface area contributed by atoms with Crippen molar-refractivity contribution in [2.45, 2.75) is 0 Å². The lowest BCUT2D eigenvalue weighted by molar-refractivity contribution is -0.140. The van der Waals surface area contributed by atoms with Gasteiger partial charge in [0.25, 0.3) is 11.8 Å². The van der Waals surface area contributed by atoms with Gasteiger partial charge in [-0.05, 0) is 6.07 Å². The summed E-state index contributed by atoms with van der Waals surface area (Å²) >= 11 is 5.98. The minimum atomic E-state index is -1.16. The SMILES string of the molecule is O=C(O)CN1C(=O)/C(=C2\C(=O)Nc3ccccc32)SC1=S. The van der Waals surface area contributed by atoms with Crippen LogP contribution in [0.4, 0.5) is 5.69 Å². The first kappa shape index (κ1) is 13.8. The summed E-state index contributed by atoms with van der Waals surface area (Å²) in [6.45, 7) is -0.509. The number of hydrogen-bond donors (Lipinski definition) is 2. The molecule has 0 saturated carbocycles. The van der Waals surface area contributed by atoms with Crippen molar-refractivity contribution in [3.8, 4) is 0 Å². The molecule has 8 heteroatoms. The minimum absolute atomic E-state index is 0.141. The van der Waals surface area contributed by atoms with E-state index in [1.165, 1.54) is 0 Å². The lowest BCUT2D eigenvalue weighted by Gasteiger charge is -2.10. The topological polar surface area (TPSA) is 86.7 Å². The highest BCUT2D eigenvalue weighted by molar-refractivity contribution is 8.26. The van der Waals surface area contributed by atoms with Gasteiger partial charge < -0.3 is 10.4 Å². The number of aliphatic carboxylic acids is 1. The maximum absolute atomic E-state index is 12.3. The molecule has 6 nitrogen and oxygen atoms in total. The number of carboxylic acids is 1. The summed E-state index contributed by atoms with van der Waals surface area (Å²) in [5.74, 6) is -2.09. The second-order valence-corrected chi connectivity index (χ2v) is 6.00. The molecule has 2 heterocycles. The molecule has 0 aliphatic carbocycles. The van der Waals surface area contributed by atoms with Crippen molar-refractivity contribution < 1.29 is 19.5 Å². The predicted octanol–water partition coefficient (Wildman–Crippen LogP) is 1.29. The van der Waals surface area contributed by atoms with Crippen LogP contribution in [0, 0.1) is 0 Å². The maximum Gasteiger partial charge on any atom is 0.323 e. The van der Waals surface area contributed by atoms with Crippen LogP contribution < -0.4 is 5.32 Å². The monoisotopic (exact) mass is 320 g/mol. The number of carbonyl (C=O) groups is 3. The lowest BCUT2D eigenvalue weighted by Crippen LogP contribution is -2.33. The molecule has 0 unspecified atom stereocenters. The van der Waals surface area contributed by atoms with Crippen molar-refractivity contribution in [2.24, 2.45) is 0 Å². The zero-order valence-electron chi connectivity index (χ0n) is 10.5. The molecule has 1 aromatic rings. The summed E-state index contributed by atoms with van der Waals surface area (Å²) in [6.07, 6.45) is 0. The van der Waals surface area contributed by atoms with E-state index in [0.29, 0.717) is 11.3 Å². The van der Waals surface area contributed by atoms with Gasteiger partial charge in [0, 0.05) is 11.3 Å². The Kier molecular flexibility index (Phi) is 3.26. The van der Waals surface area contributed by atoms with Gasteiger partial charge in [0.05, 0.1) is 10.5 Å². The van der Waals surface area contributed by atoms with Crippen LogP contribution >= 0.6 is 24.0 Å². The highest BCUT2D eigenvalue weighted by atomic mass is 32.2. The van der Waals surface area contributed by atoms with Gasteiger partial charge >= 0.3 is 5.97 Å². The number of anilines is 1. The largest absolute Gasteiger partial charge is 0.480 e. The minimum Gasteiger partial charge on any atom is -0.480 e. The van der Waals surface area contributed by atoms with Crippen LogP contribution in [0.25, 0.3) is 5.57 Å². The van der Waals surface area contributed by atoms with Gasteiger partial charge in [0.2, 0.25) is 0 Å². The average molecular weight is 320 g/mol. The Bertz CT molecular complexity index is 741. The standard InChI is InChI=1S/C13H8N2O4S2/c16-8(17)5-15-12(19)10(21-13(15)20)9-6-3-1-2-4-7(6)14-11(9)18/h1-4H,5H2,(H,14,18)(H,16,17)/b10-9+. The van der Waals surface area contributed by atoms with Crippen LogP contribution in [0.5, 0.6) is 0 Å². The summed E-state index contributed by atoms with van der Waals surface area (Å²) in [5, 5.41) is 11.5. The van der Waals surface area contributed by atoms with E-state index in [1.54, 1.807) is 24.3 Å². The van der Waals surface area contributed by atoms with Crippen LogP contribution in [-0.2, 0) is 14.4 Å². The van der Waals surface area contributed by atoms with Crippen molar-refractivity contribution in [3.63, 3.8) is 0 Å². The van der Waals surface area contributed by atoms with Crippen LogP contribution in [-0.4, -0.2) is 38.7 Å². The maximum atomic E-state index is 12.3. The van der Waals surface area contributed by atoms with Crippen molar-refractivity contribution >= 4 is 57.3 Å². The van der Waals surface area contributed by atoms with E-state index in [1.807, 2.05) is 0 Å². The Hall–Kier alpha value is -2.19. The Morgan fingerprint density at radius 2 is 2.05 bits per heavy atom. The third-order valence-corrected chi connectivity index (χ3v) is 4.49.